The molecular weight excluding hydrogens is 188 g/mol. The van der Waals surface area contributed by atoms with Gasteiger partial charge in [-0.2, -0.15) is 0 Å². The van der Waals surface area contributed by atoms with Crippen molar-refractivity contribution in [3.8, 4) is 0 Å². The van der Waals surface area contributed by atoms with Crippen LogP contribution in [-0.2, 0) is 0 Å². The lowest BCUT2D eigenvalue weighted by atomic mass is 10.5. The molecule has 0 atom stereocenters. The van der Waals surface area contributed by atoms with Crippen molar-refractivity contribution in [2.45, 2.75) is 0 Å². The Balaban J connectivity index is 2.64. The highest BCUT2D eigenvalue weighted by molar-refractivity contribution is 7.10. The molecular formula is C8H10N2O2S. The molecule has 0 fully saturated rings. The number of nitrogens with zero attached hydrogens (tertiary/aromatic N) is 1. The van der Waals surface area contributed by atoms with Gasteiger partial charge >= 0.3 is 5.97 Å². The first kappa shape index (κ1) is 9.88. The molecule has 1 aromatic rings. The molecule has 0 saturated heterocycles. The molecule has 0 unspecified atom stereocenters. The highest BCUT2D eigenvalue weighted by Crippen LogP contribution is 2.10. The first-order valence-corrected chi connectivity index (χ1v) is 4.62. The average Bonchev–Trinajstić information content (AvgIpc) is 2.53. The Morgan fingerprint density at radius 1 is 1.85 bits per heavy atom. The van der Waals surface area contributed by atoms with Crippen molar-refractivity contribution >= 4 is 23.4 Å². The maximum Gasteiger partial charge on any atom is 0.355 e. The van der Waals surface area contributed by atoms with Crippen LogP contribution >= 0.6 is 11.3 Å². The van der Waals surface area contributed by atoms with E-state index in [4.69, 9.17) is 5.11 Å². The summed E-state index contributed by atoms with van der Waals surface area (Å²) < 4.78 is 0. The summed E-state index contributed by atoms with van der Waals surface area (Å²) in [7, 11) is 1.84. The number of nitrogens with one attached hydrogen (secondary N) is 1. The van der Waals surface area contributed by atoms with Crippen LogP contribution in [0.25, 0.3) is 6.08 Å². The number of aromatic carboxylic acids is 1. The molecule has 4 nitrogen and oxygen atoms in total. The maximum absolute atomic E-state index is 10.5. The van der Waals surface area contributed by atoms with Crippen molar-refractivity contribution < 1.29 is 9.90 Å². The van der Waals surface area contributed by atoms with Crippen LogP contribution in [0.4, 0.5) is 0 Å². The molecule has 1 heterocycles. The lowest BCUT2D eigenvalue weighted by molar-refractivity contribution is 0.0691. The second kappa shape index (κ2) is 4.74. The van der Waals surface area contributed by atoms with E-state index in [-0.39, 0.29) is 5.69 Å². The molecule has 0 aliphatic carbocycles. The van der Waals surface area contributed by atoms with E-state index in [1.165, 1.54) is 16.7 Å². The minimum atomic E-state index is -0.982. The summed E-state index contributed by atoms with van der Waals surface area (Å²) in [4.78, 5) is 14.3. The molecule has 5 heteroatoms. The molecule has 0 amide bonds. The highest BCUT2D eigenvalue weighted by Gasteiger charge is 2.05. The third-order valence-electron chi connectivity index (χ3n) is 1.32. The van der Waals surface area contributed by atoms with Crippen LogP contribution < -0.4 is 5.32 Å². The van der Waals surface area contributed by atoms with Crippen molar-refractivity contribution in [3.05, 3.63) is 22.2 Å². The van der Waals surface area contributed by atoms with Gasteiger partial charge in [0.1, 0.15) is 5.01 Å². The van der Waals surface area contributed by atoms with Crippen molar-refractivity contribution in [2.75, 3.05) is 13.6 Å². The van der Waals surface area contributed by atoms with Gasteiger partial charge in [0, 0.05) is 11.9 Å². The lowest BCUT2D eigenvalue weighted by Crippen LogP contribution is -2.03. The fraction of sp³-hybridized carbons (Fsp3) is 0.250. The normalized spacial score (nSPS) is 10.8. The first-order chi connectivity index (χ1) is 6.24. The van der Waals surface area contributed by atoms with Crippen LogP contribution in [0.1, 0.15) is 15.5 Å². The Labute approximate surface area is 79.9 Å². The van der Waals surface area contributed by atoms with Crippen LogP contribution in [0.2, 0.25) is 0 Å². The number of rotatable bonds is 4. The van der Waals surface area contributed by atoms with E-state index in [1.807, 2.05) is 13.1 Å². The Hall–Kier alpha value is -1.20. The van der Waals surface area contributed by atoms with Crippen molar-refractivity contribution in [1.82, 2.24) is 10.3 Å². The standard InChI is InChI=1S/C8H10N2O2S/c1-9-4-2-3-7-10-6(5-13-7)8(11)12/h2-3,5,9H,4H2,1H3,(H,11,12). The number of carboxylic acids is 1. The molecule has 0 spiro atoms. The van der Waals surface area contributed by atoms with Crippen molar-refractivity contribution in [2.24, 2.45) is 0 Å². The Kier molecular flexibility index (Phi) is 3.60. The minimum Gasteiger partial charge on any atom is -0.476 e. The molecule has 1 aromatic heterocycles. The van der Waals surface area contributed by atoms with Gasteiger partial charge < -0.3 is 10.4 Å². The minimum absolute atomic E-state index is 0.106. The molecule has 0 aliphatic heterocycles. The third-order valence-corrected chi connectivity index (χ3v) is 2.13. The maximum atomic E-state index is 10.5. The van der Waals surface area contributed by atoms with E-state index >= 15 is 0 Å². The first-order valence-electron chi connectivity index (χ1n) is 3.74. The van der Waals surface area contributed by atoms with E-state index in [2.05, 4.69) is 10.3 Å². The molecule has 1 rings (SSSR count). The fourth-order valence-corrected chi connectivity index (χ4v) is 1.45. The Morgan fingerprint density at radius 3 is 3.15 bits per heavy atom. The predicted octanol–water partition coefficient (Wildman–Crippen LogP) is 1.07. The van der Waals surface area contributed by atoms with Gasteiger partial charge in [-0.15, -0.1) is 11.3 Å². The molecule has 0 radical (unpaired) electrons. The summed E-state index contributed by atoms with van der Waals surface area (Å²) in [5.41, 5.74) is 0.106. The summed E-state index contributed by atoms with van der Waals surface area (Å²) in [6.45, 7) is 0.752. The van der Waals surface area contributed by atoms with Crippen molar-refractivity contribution in [3.63, 3.8) is 0 Å². The van der Waals surface area contributed by atoms with Gasteiger partial charge in [-0.25, -0.2) is 9.78 Å². The smallest absolute Gasteiger partial charge is 0.355 e. The Morgan fingerprint density at radius 2 is 2.62 bits per heavy atom. The van der Waals surface area contributed by atoms with Gasteiger partial charge in [0.15, 0.2) is 5.69 Å². The molecule has 2 N–H and O–H groups in total. The number of carbonyl (C=O) groups is 1. The molecule has 70 valence electrons. The zero-order valence-electron chi connectivity index (χ0n) is 7.15. The van der Waals surface area contributed by atoms with Gasteiger partial charge in [-0.05, 0) is 13.1 Å². The summed E-state index contributed by atoms with van der Waals surface area (Å²) in [5, 5.41) is 13.8. The summed E-state index contributed by atoms with van der Waals surface area (Å²) >= 11 is 1.32. The van der Waals surface area contributed by atoms with Gasteiger partial charge in [0.25, 0.3) is 0 Å². The number of carboxylic acid groups (broad SMARTS) is 1. The molecule has 13 heavy (non-hydrogen) atoms. The topological polar surface area (TPSA) is 62.2 Å². The second-order valence-electron chi connectivity index (χ2n) is 2.34. The van der Waals surface area contributed by atoms with Gasteiger partial charge in [-0.1, -0.05) is 6.08 Å². The van der Waals surface area contributed by atoms with E-state index in [1.54, 1.807) is 6.08 Å². The van der Waals surface area contributed by atoms with E-state index in [9.17, 15) is 4.79 Å². The van der Waals surface area contributed by atoms with Gasteiger partial charge in [-0.3, -0.25) is 0 Å². The summed E-state index contributed by atoms with van der Waals surface area (Å²) in [6.07, 6.45) is 3.69. The SMILES string of the molecule is CNCC=Cc1nc(C(=O)O)cs1. The number of hydrogen-bond donors (Lipinski definition) is 2. The Bertz CT molecular complexity index is 320. The summed E-state index contributed by atoms with van der Waals surface area (Å²) in [5.74, 6) is -0.982. The van der Waals surface area contributed by atoms with E-state index in [0.29, 0.717) is 5.01 Å². The largest absolute Gasteiger partial charge is 0.476 e. The number of hydrogen-bond acceptors (Lipinski definition) is 4. The predicted molar refractivity (Wildman–Crippen MR) is 52.0 cm³/mol. The van der Waals surface area contributed by atoms with Crippen LogP contribution in [0, 0.1) is 0 Å². The number of aromatic nitrogens is 1. The third kappa shape index (κ3) is 2.96. The fourth-order valence-electron chi connectivity index (χ4n) is 0.740. The quantitative estimate of drug-likeness (QED) is 0.759. The van der Waals surface area contributed by atoms with Crippen LogP contribution in [-0.4, -0.2) is 29.7 Å². The number of likely N-dealkylation sites (N-methyl/N-ethyl adjacent to an activating group) is 1. The molecule has 0 aliphatic rings. The van der Waals surface area contributed by atoms with Gasteiger partial charge in [0.05, 0.1) is 0 Å². The highest BCUT2D eigenvalue weighted by atomic mass is 32.1. The zero-order valence-corrected chi connectivity index (χ0v) is 7.97. The molecule has 0 saturated carbocycles. The van der Waals surface area contributed by atoms with Crippen LogP contribution in [0.3, 0.4) is 0 Å². The number of thiazole rings is 1. The van der Waals surface area contributed by atoms with Crippen LogP contribution in [0.5, 0.6) is 0 Å². The van der Waals surface area contributed by atoms with Crippen LogP contribution in [0.15, 0.2) is 11.5 Å². The van der Waals surface area contributed by atoms with Crippen molar-refractivity contribution in [1.29, 1.82) is 0 Å². The second-order valence-corrected chi connectivity index (χ2v) is 3.23. The monoisotopic (exact) mass is 198 g/mol. The molecule has 0 aromatic carbocycles. The lowest BCUT2D eigenvalue weighted by Gasteiger charge is -1.86. The van der Waals surface area contributed by atoms with E-state index in [0.717, 1.165) is 6.54 Å². The van der Waals surface area contributed by atoms with Gasteiger partial charge in [0.2, 0.25) is 0 Å². The summed E-state index contributed by atoms with van der Waals surface area (Å²) in [6, 6.07) is 0. The van der Waals surface area contributed by atoms with E-state index < -0.39 is 5.97 Å². The molecule has 0 bridgehead atoms. The zero-order chi connectivity index (χ0) is 9.68. The average molecular weight is 198 g/mol.